The lowest BCUT2D eigenvalue weighted by molar-refractivity contribution is -0.191. The molecule has 0 aliphatic heterocycles. The van der Waals surface area contributed by atoms with Crippen molar-refractivity contribution in [2.45, 2.75) is 53.0 Å². The number of aryl methyl sites for hydroxylation is 1. The summed E-state index contributed by atoms with van der Waals surface area (Å²) in [5, 5.41) is 18.6. The molecule has 0 aliphatic rings. The fourth-order valence-electron chi connectivity index (χ4n) is 2.74. The fourth-order valence-corrected chi connectivity index (χ4v) is 2.74. The largest absolute Gasteiger partial charge is 0.508 e. The quantitative estimate of drug-likeness (QED) is 0.708. The van der Waals surface area contributed by atoms with E-state index in [-0.39, 0.29) is 42.4 Å². The number of carbonyl (C=O) groups is 3. The minimum absolute atomic E-state index is 0.124. The van der Waals surface area contributed by atoms with E-state index in [0.717, 1.165) is 0 Å². The van der Waals surface area contributed by atoms with Crippen LogP contribution in [0, 0.1) is 5.92 Å². The topological polar surface area (TPSA) is 129 Å². The van der Waals surface area contributed by atoms with Crippen molar-refractivity contribution in [2.75, 3.05) is 4.90 Å². The van der Waals surface area contributed by atoms with Gasteiger partial charge in [-0.15, -0.1) is 0 Å². The number of nitrogens with zero attached hydrogens (tertiary/aromatic N) is 1. The Balaban J connectivity index is 0.00000210. The summed E-state index contributed by atoms with van der Waals surface area (Å²) in [7, 11) is 0. The smallest absolute Gasteiger partial charge is 0.373 e. The Morgan fingerprint density at radius 3 is 2.11 bits per heavy atom. The molecule has 1 atom stereocenters. The van der Waals surface area contributed by atoms with Crippen LogP contribution in [0.1, 0.15) is 46.1 Å². The molecule has 0 aromatic heterocycles. The van der Waals surface area contributed by atoms with Crippen LogP contribution in [-0.2, 0) is 30.4 Å². The van der Waals surface area contributed by atoms with E-state index >= 15 is 0 Å². The van der Waals surface area contributed by atoms with E-state index in [1.807, 2.05) is 20.8 Å². The zero-order chi connectivity index (χ0) is 21.1. The van der Waals surface area contributed by atoms with E-state index in [9.17, 15) is 19.5 Å². The molecule has 1 unspecified atom stereocenters. The van der Waals surface area contributed by atoms with Gasteiger partial charge in [-0.3, -0.25) is 14.4 Å². The van der Waals surface area contributed by atoms with Crippen LogP contribution >= 0.6 is 0 Å². The summed E-state index contributed by atoms with van der Waals surface area (Å²) >= 11 is 0. The normalized spacial score (nSPS) is 11.0. The lowest BCUT2D eigenvalue weighted by Crippen LogP contribution is -2.47. The molecule has 0 saturated heterocycles. The molecule has 148 valence electrons. The number of aliphatic carboxylic acids is 1. The first kappa shape index (κ1) is 24.0. The molecule has 0 saturated carbocycles. The maximum absolute atomic E-state index is 12.5. The van der Waals surface area contributed by atoms with Gasteiger partial charge >= 0.3 is 12.1 Å². The lowest BCUT2D eigenvalue weighted by atomic mass is 9.94. The summed E-state index contributed by atoms with van der Waals surface area (Å²) in [5.74, 6) is -1.66. The molecule has 0 spiro atoms. The second-order valence-electron chi connectivity index (χ2n) is 6.19. The zero-order valence-corrected chi connectivity index (χ0v) is 15.9. The van der Waals surface area contributed by atoms with E-state index < -0.39 is 12.0 Å². The van der Waals surface area contributed by atoms with E-state index in [0.29, 0.717) is 17.7 Å². The Morgan fingerprint density at radius 1 is 1.15 bits per heavy atom. The molecule has 1 aromatic carbocycles. The van der Waals surface area contributed by atoms with Crippen LogP contribution in [0.2, 0.25) is 0 Å². The SMILES string of the molecule is CCc1cc(N(C(C)=O)C(C(=O)CCC(=O)O)C(C)C)ccc1O.O=C=O. The standard InChI is InChI=1S/C18H25NO5.CO2/c1-5-13-10-14(6-7-15(13)21)19(12(4)20)18(11(2)3)16(22)8-9-17(23)24;2-1-3/h6-7,10-11,18,21H,5,8-9H2,1-4H3,(H,23,24);. The Hall–Kier alpha value is -2.99. The van der Waals surface area contributed by atoms with Gasteiger partial charge in [-0.1, -0.05) is 20.8 Å². The third-order valence-electron chi connectivity index (χ3n) is 3.89. The maximum Gasteiger partial charge on any atom is 0.373 e. The van der Waals surface area contributed by atoms with E-state index in [2.05, 4.69) is 0 Å². The Bertz CT molecular complexity index is 706. The fraction of sp³-hybridized carbons (Fsp3) is 0.474. The third kappa shape index (κ3) is 7.42. The number of aromatic hydroxyl groups is 1. The first-order valence-corrected chi connectivity index (χ1v) is 8.46. The van der Waals surface area contributed by atoms with E-state index in [4.69, 9.17) is 14.7 Å². The number of hydrogen-bond acceptors (Lipinski definition) is 6. The van der Waals surface area contributed by atoms with Crippen molar-refractivity contribution < 1.29 is 34.2 Å². The van der Waals surface area contributed by atoms with Gasteiger partial charge < -0.3 is 15.1 Å². The molecule has 0 fully saturated rings. The number of rotatable bonds is 8. The summed E-state index contributed by atoms with van der Waals surface area (Å²) in [6, 6.07) is 4.05. The number of phenolic OH excluding ortho intramolecular Hbond substituents is 1. The van der Waals surface area contributed by atoms with Crippen LogP contribution < -0.4 is 4.90 Å². The van der Waals surface area contributed by atoms with Crippen molar-refractivity contribution in [1.82, 2.24) is 0 Å². The Labute approximate surface area is 157 Å². The average molecular weight is 379 g/mol. The van der Waals surface area contributed by atoms with Gasteiger partial charge in [0.05, 0.1) is 12.5 Å². The first-order valence-electron chi connectivity index (χ1n) is 8.46. The van der Waals surface area contributed by atoms with Crippen molar-refractivity contribution in [3.8, 4) is 5.75 Å². The summed E-state index contributed by atoms with van der Waals surface area (Å²) < 4.78 is 0. The highest BCUT2D eigenvalue weighted by Gasteiger charge is 2.32. The number of amides is 1. The molecule has 1 amide bonds. The van der Waals surface area contributed by atoms with Gasteiger partial charge in [0.1, 0.15) is 5.75 Å². The summed E-state index contributed by atoms with van der Waals surface area (Å²) in [4.78, 5) is 53.1. The Morgan fingerprint density at radius 2 is 1.70 bits per heavy atom. The van der Waals surface area contributed by atoms with Gasteiger partial charge in [0, 0.05) is 19.0 Å². The number of carboxylic acids is 1. The molecule has 1 rings (SSSR count). The van der Waals surface area contributed by atoms with Crippen molar-refractivity contribution >= 4 is 29.5 Å². The van der Waals surface area contributed by atoms with Crippen molar-refractivity contribution in [3.63, 3.8) is 0 Å². The number of anilines is 1. The number of carbonyl (C=O) groups excluding carboxylic acids is 4. The van der Waals surface area contributed by atoms with Gasteiger partial charge in [-0.25, -0.2) is 0 Å². The summed E-state index contributed by atoms with van der Waals surface area (Å²) in [6.45, 7) is 6.90. The predicted octanol–water partition coefficient (Wildman–Crippen LogP) is 2.18. The second kappa shape index (κ2) is 11.6. The summed E-state index contributed by atoms with van der Waals surface area (Å²) in [6.07, 6.45) is 0.453. The number of hydrogen-bond donors (Lipinski definition) is 2. The minimum Gasteiger partial charge on any atom is -0.508 e. The van der Waals surface area contributed by atoms with Gasteiger partial charge in [-0.2, -0.15) is 9.59 Å². The molecule has 8 nitrogen and oxygen atoms in total. The summed E-state index contributed by atoms with van der Waals surface area (Å²) in [5.41, 5.74) is 1.21. The van der Waals surface area contributed by atoms with Crippen LogP contribution in [0.25, 0.3) is 0 Å². The number of ketones is 1. The van der Waals surface area contributed by atoms with Crippen molar-refractivity contribution in [2.24, 2.45) is 5.92 Å². The number of benzene rings is 1. The molecule has 8 heteroatoms. The highest BCUT2D eigenvalue weighted by atomic mass is 16.4. The second-order valence-corrected chi connectivity index (χ2v) is 6.19. The zero-order valence-electron chi connectivity index (χ0n) is 15.9. The predicted molar refractivity (Wildman–Crippen MR) is 96.2 cm³/mol. The van der Waals surface area contributed by atoms with Crippen LogP contribution in [0.3, 0.4) is 0 Å². The molecular formula is C19H25NO7. The molecule has 27 heavy (non-hydrogen) atoms. The number of phenols is 1. The van der Waals surface area contributed by atoms with Crippen LogP contribution in [-0.4, -0.2) is 40.1 Å². The van der Waals surface area contributed by atoms with Gasteiger partial charge in [-0.05, 0) is 36.1 Å². The number of carboxylic acid groups (broad SMARTS) is 1. The molecule has 0 bridgehead atoms. The van der Waals surface area contributed by atoms with E-state index in [1.165, 1.54) is 17.9 Å². The van der Waals surface area contributed by atoms with Gasteiger partial charge in [0.2, 0.25) is 5.91 Å². The molecule has 1 aromatic rings. The Kier molecular flexibility index (Phi) is 10.3. The maximum atomic E-state index is 12.5. The monoisotopic (exact) mass is 379 g/mol. The molecule has 0 aliphatic carbocycles. The van der Waals surface area contributed by atoms with Crippen molar-refractivity contribution in [3.05, 3.63) is 23.8 Å². The van der Waals surface area contributed by atoms with Gasteiger partial charge in [0.25, 0.3) is 0 Å². The van der Waals surface area contributed by atoms with Crippen molar-refractivity contribution in [1.29, 1.82) is 0 Å². The molecule has 2 N–H and O–H groups in total. The molecule has 0 heterocycles. The number of Topliss-reactive ketones (excluding diaryl/α,β-unsaturated/α-hetero) is 1. The lowest BCUT2D eigenvalue weighted by Gasteiger charge is -2.33. The molecule has 0 radical (unpaired) electrons. The van der Waals surface area contributed by atoms with E-state index in [1.54, 1.807) is 12.1 Å². The third-order valence-corrected chi connectivity index (χ3v) is 3.89. The highest BCUT2D eigenvalue weighted by Crippen LogP contribution is 2.28. The van der Waals surface area contributed by atoms with Crippen LogP contribution in [0.5, 0.6) is 5.75 Å². The minimum atomic E-state index is -1.04. The average Bonchev–Trinajstić information content (AvgIpc) is 2.58. The van der Waals surface area contributed by atoms with Crippen LogP contribution in [0.4, 0.5) is 5.69 Å². The van der Waals surface area contributed by atoms with Crippen LogP contribution in [0.15, 0.2) is 18.2 Å². The highest BCUT2D eigenvalue weighted by molar-refractivity contribution is 6.01. The van der Waals surface area contributed by atoms with Gasteiger partial charge in [0.15, 0.2) is 5.78 Å². The molecular weight excluding hydrogens is 354 g/mol. The first-order chi connectivity index (χ1) is 12.6.